The first-order valence-electron chi connectivity index (χ1n) is 4.93. The lowest BCUT2D eigenvalue weighted by Gasteiger charge is -2.12. The van der Waals surface area contributed by atoms with E-state index in [1.165, 1.54) is 24.3 Å². The number of anilines is 1. The highest BCUT2D eigenvalue weighted by Gasteiger charge is 2.10. The lowest BCUT2D eigenvalue weighted by molar-refractivity contribution is -0.117. The molecule has 0 aliphatic heterocycles. The van der Waals surface area contributed by atoms with Crippen molar-refractivity contribution in [3.05, 3.63) is 30.1 Å². The summed E-state index contributed by atoms with van der Waals surface area (Å²) in [6.45, 7) is 4.45. The molecule has 15 heavy (non-hydrogen) atoms. The minimum atomic E-state index is -0.312. The van der Waals surface area contributed by atoms with E-state index in [0.29, 0.717) is 5.69 Å². The maximum absolute atomic E-state index is 12.6. The predicted molar refractivity (Wildman–Crippen MR) is 58.2 cm³/mol. The summed E-state index contributed by atoms with van der Waals surface area (Å²) in [5, 5.41) is 5.68. The predicted octanol–water partition coefficient (Wildman–Crippen LogP) is 1.76. The van der Waals surface area contributed by atoms with Gasteiger partial charge in [-0.15, -0.1) is 0 Å². The molecule has 1 amide bonds. The van der Waals surface area contributed by atoms with E-state index in [9.17, 15) is 9.18 Å². The molecule has 0 saturated carbocycles. The third kappa shape index (κ3) is 3.67. The Balaban J connectivity index is 2.54. The van der Waals surface area contributed by atoms with Gasteiger partial charge in [-0.05, 0) is 37.7 Å². The molecule has 0 aliphatic carbocycles. The van der Waals surface area contributed by atoms with Gasteiger partial charge in [0.25, 0.3) is 0 Å². The Morgan fingerprint density at radius 1 is 1.40 bits per heavy atom. The number of amides is 1. The van der Waals surface area contributed by atoms with Crippen molar-refractivity contribution in [2.75, 3.05) is 11.9 Å². The highest BCUT2D eigenvalue weighted by Crippen LogP contribution is 2.08. The normalized spacial score (nSPS) is 12.2. The number of halogens is 1. The number of carbonyl (C=O) groups is 1. The van der Waals surface area contributed by atoms with E-state index in [2.05, 4.69) is 10.6 Å². The van der Waals surface area contributed by atoms with Gasteiger partial charge in [-0.3, -0.25) is 4.79 Å². The zero-order valence-corrected chi connectivity index (χ0v) is 8.88. The number of benzene rings is 1. The van der Waals surface area contributed by atoms with Crippen LogP contribution in [0.4, 0.5) is 10.1 Å². The first-order valence-corrected chi connectivity index (χ1v) is 4.93. The van der Waals surface area contributed by atoms with Gasteiger partial charge in [0.15, 0.2) is 0 Å². The Labute approximate surface area is 88.7 Å². The molecule has 1 aromatic carbocycles. The van der Waals surface area contributed by atoms with Gasteiger partial charge >= 0.3 is 0 Å². The van der Waals surface area contributed by atoms with E-state index >= 15 is 0 Å². The fraction of sp³-hybridized carbons (Fsp3) is 0.364. The van der Waals surface area contributed by atoms with Gasteiger partial charge in [-0.1, -0.05) is 6.92 Å². The minimum absolute atomic E-state index is 0.122. The van der Waals surface area contributed by atoms with Gasteiger partial charge in [0.05, 0.1) is 6.04 Å². The van der Waals surface area contributed by atoms with Crippen LogP contribution in [0.1, 0.15) is 13.8 Å². The fourth-order valence-corrected chi connectivity index (χ4v) is 1.18. The van der Waals surface area contributed by atoms with Crippen molar-refractivity contribution in [3.8, 4) is 0 Å². The molecule has 2 N–H and O–H groups in total. The first-order chi connectivity index (χ1) is 7.13. The Morgan fingerprint density at radius 3 is 2.53 bits per heavy atom. The van der Waals surface area contributed by atoms with Crippen LogP contribution in [0.3, 0.4) is 0 Å². The Bertz CT molecular complexity index is 324. The van der Waals surface area contributed by atoms with Crippen molar-refractivity contribution in [2.45, 2.75) is 19.9 Å². The van der Waals surface area contributed by atoms with Crippen molar-refractivity contribution in [3.63, 3.8) is 0 Å². The molecule has 3 nitrogen and oxygen atoms in total. The van der Waals surface area contributed by atoms with Crippen molar-refractivity contribution in [1.82, 2.24) is 5.32 Å². The molecule has 82 valence electrons. The van der Waals surface area contributed by atoms with E-state index in [4.69, 9.17) is 0 Å². The molecule has 0 fully saturated rings. The van der Waals surface area contributed by atoms with Gasteiger partial charge in [0, 0.05) is 5.69 Å². The highest BCUT2D eigenvalue weighted by molar-refractivity contribution is 5.94. The van der Waals surface area contributed by atoms with Crippen molar-refractivity contribution in [2.24, 2.45) is 0 Å². The third-order valence-corrected chi connectivity index (χ3v) is 2.02. The number of rotatable bonds is 4. The van der Waals surface area contributed by atoms with E-state index in [1.54, 1.807) is 6.92 Å². The Kier molecular flexibility index (Phi) is 4.24. The molecule has 4 heteroatoms. The number of hydrogen-bond donors (Lipinski definition) is 2. The second-order valence-electron chi connectivity index (χ2n) is 3.28. The van der Waals surface area contributed by atoms with E-state index < -0.39 is 0 Å². The molecular weight excluding hydrogens is 195 g/mol. The van der Waals surface area contributed by atoms with E-state index in [1.807, 2.05) is 6.92 Å². The average Bonchev–Trinajstić information content (AvgIpc) is 2.22. The largest absolute Gasteiger partial charge is 0.325 e. The highest BCUT2D eigenvalue weighted by atomic mass is 19.1. The number of nitrogens with one attached hydrogen (secondary N) is 2. The van der Waals surface area contributed by atoms with Crippen LogP contribution in [0, 0.1) is 5.82 Å². The molecule has 0 radical (unpaired) electrons. The summed E-state index contributed by atoms with van der Waals surface area (Å²) in [6.07, 6.45) is 0. The summed E-state index contributed by atoms with van der Waals surface area (Å²) in [4.78, 5) is 11.5. The van der Waals surface area contributed by atoms with Gasteiger partial charge in [0.2, 0.25) is 5.91 Å². The van der Waals surface area contributed by atoms with Gasteiger partial charge in [-0.25, -0.2) is 4.39 Å². The minimum Gasteiger partial charge on any atom is -0.325 e. The Morgan fingerprint density at radius 2 is 2.00 bits per heavy atom. The number of likely N-dealkylation sites (N-methyl/N-ethyl adjacent to an activating group) is 1. The monoisotopic (exact) mass is 210 g/mol. The van der Waals surface area contributed by atoms with E-state index in [0.717, 1.165) is 6.54 Å². The van der Waals surface area contributed by atoms with Gasteiger partial charge in [0.1, 0.15) is 5.82 Å². The quantitative estimate of drug-likeness (QED) is 0.795. The topological polar surface area (TPSA) is 41.1 Å². The standard InChI is InChI=1S/C11H15FN2O/c1-3-13-8(2)11(15)14-10-6-4-9(12)5-7-10/h4-8,13H,3H2,1-2H3,(H,14,15). The molecule has 1 rings (SSSR count). The average molecular weight is 210 g/mol. The van der Waals surface area contributed by atoms with E-state index in [-0.39, 0.29) is 17.8 Å². The van der Waals surface area contributed by atoms with Crippen LogP contribution in [-0.4, -0.2) is 18.5 Å². The smallest absolute Gasteiger partial charge is 0.241 e. The van der Waals surface area contributed by atoms with Crippen LogP contribution >= 0.6 is 0 Å². The van der Waals surface area contributed by atoms with Crippen molar-refractivity contribution >= 4 is 11.6 Å². The lowest BCUT2D eigenvalue weighted by Crippen LogP contribution is -2.37. The van der Waals surface area contributed by atoms with Crippen molar-refractivity contribution < 1.29 is 9.18 Å². The molecule has 0 bridgehead atoms. The zero-order valence-electron chi connectivity index (χ0n) is 8.88. The second kappa shape index (κ2) is 5.46. The van der Waals surface area contributed by atoms with Crippen LogP contribution in [0.25, 0.3) is 0 Å². The molecule has 1 unspecified atom stereocenters. The van der Waals surface area contributed by atoms with Gasteiger partial charge < -0.3 is 10.6 Å². The third-order valence-electron chi connectivity index (χ3n) is 2.02. The molecule has 1 aromatic rings. The molecule has 1 atom stereocenters. The molecular formula is C11H15FN2O. The molecule has 0 spiro atoms. The summed E-state index contributed by atoms with van der Waals surface area (Å²) in [7, 11) is 0. The van der Waals surface area contributed by atoms with Crippen LogP contribution in [0.5, 0.6) is 0 Å². The summed E-state index contributed by atoms with van der Waals surface area (Å²) >= 11 is 0. The maximum atomic E-state index is 12.6. The molecule has 0 saturated heterocycles. The fourth-order valence-electron chi connectivity index (χ4n) is 1.18. The molecule has 0 aromatic heterocycles. The summed E-state index contributed by atoms with van der Waals surface area (Å²) in [5.74, 6) is -0.434. The van der Waals surface area contributed by atoms with Crippen LogP contribution in [0.15, 0.2) is 24.3 Å². The van der Waals surface area contributed by atoms with Gasteiger partial charge in [-0.2, -0.15) is 0 Å². The van der Waals surface area contributed by atoms with Crippen LogP contribution < -0.4 is 10.6 Å². The number of hydrogen-bond acceptors (Lipinski definition) is 2. The van der Waals surface area contributed by atoms with Crippen molar-refractivity contribution in [1.29, 1.82) is 0 Å². The molecule has 0 heterocycles. The second-order valence-corrected chi connectivity index (χ2v) is 3.28. The maximum Gasteiger partial charge on any atom is 0.241 e. The first kappa shape index (κ1) is 11.7. The van der Waals surface area contributed by atoms with Crippen LogP contribution in [-0.2, 0) is 4.79 Å². The Hall–Kier alpha value is -1.42. The molecule has 0 aliphatic rings. The zero-order chi connectivity index (χ0) is 11.3. The number of carbonyl (C=O) groups excluding carboxylic acids is 1. The summed E-state index contributed by atoms with van der Waals surface area (Å²) in [6, 6.07) is 5.44. The lowest BCUT2D eigenvalue weighted by atomic mass is 10.2. The van der Waals surface area contributed by atoms with Crippen LogP contribution in [0.2, 0.25) is 0 Å². The SMILES string of the molecule is CCNC(C)C(=O)Nc1ccc(F)cc1. The summed E-state index contributed by atoms with van der Waals surface area (Å²) in [5.41, 5.74) is 0.603. The summed E-state index contributed by atoms with van der Waals surface area (Å²) < 4.78 is 12.6.